The molecule has 3 rings (SSSR count). The predicted molar refractivity (Wildman–Crippen MR) is 122 cm³/mol. The largest absolute Gasteiger partial charge is 0.495 e. The molecule has 168 valence electrons. The van der Waals surface area contributed by atoms with Gasteiger partial charge in [-0.1, -0.05) is 53.5 Å². The molecule has 0 saturated heterocycles. The van der Waals surface area contributed by atoms with Gasteiger partial charge in [0.25, 0.3) is 0 Å². The van der Waals surface area contributed by atoms with E-state index in [-0.39, 0.29) is 22.9 Å². The Labute approximate surface area is 195 Å². The Bertz CT molecular complexity index is 1220. The van der Waals surface area contributed by atoms with Crippen LogP contribution in [0.15, 0.2) is 71.6 Å². The molecule has 0 aliphatic heterocycles. The first kappa shape index (κ1) is 24.0. The van der Waals surface area contributed by atoms with E-state index in [1.165, 1.54) is 25.3 Å². The molecule has 0 heterocycles. The van der Waals surface area contributed by atoms with Gasteiger partial charge in [0.1, 0.15) is 22.5 Å². The molecule has 1 atom stereocenters. The lowest BCUT2D eigenvalue weighted by atomic mass is 10.1. The van der Waals surface area contributed by atoms with Crippen LogP contribution in [0.4, 0.5) is 10.1 Å². The number of hydrogen-bond donors (Lipinski definition) is 2. The van der Waals surface area contributed by atoms with Crippen molar-refractivity contribution in [1.29, 1.82) is 0 Å². The summed E-state index contributed by atoms with van der Waals surface area (Å²) >= 11 is 12.1. The van der Waals surface area contributed by atoms with E-state index in [1.807, 2.05) is 0 Å². The molecule has 0 saturated carbocycles. The van der Waals surface area contributed by atoms with Gasteiger partial charge in [0, 0.05) is 5.02 Å². The van der Waals surface area contributed by atoms with Gasteiger partial charge < -0.3 is 10.1 Å². The van der Waals surface area contributed by atoms with Crippen molar-refractivity contribution in [2.45, 2.75) is 17.4 Å². The maximum absolute atomic E-state index is 13.8. The van der Waals surface area contributed by atoms with Crippen LogP contribution in [0.3, 0.4) is 0 Å². The summed E-state index contributed by atoms with van der Waals surface area (Å²) in [4.78, 5) is 12.6. The lowest BCUT2D eigenvalue weighted by Crippen LogP contribution is -2.45. The van der Waals surface area contributed by atoms with Crippen LogP contribution in [-0.4, -0.2) is 27.5 Å². The topological polar surface area (TPSA) is 84.5 Å². The summed E-state index contributed by atoms with van der Waals surface area (Å²) in [5.74, 6) is -1.49. The van der Waals surface area contributed by atoms with Crippen LogP contribution in [0, 0.1) is 5.82 Å². The number of sulfonamides is 1. The maximum atomic E-state index is 13.8. The predicted octanol–water partition coefficient (Wildman–Crippen LogP) is 4.67. The lowest BCUT2D eigenvalue weighted by Gasteiger charge is -2.20. The van der Waals surface area contributed by atoms with Gasteiger partial charge in [-0.2, -0.15) is 4.72 Å². The molecule has 0 aliphatic rings. The summed E-state index contributed by atoms with van der Waals surface area (Å²) in [6.07, 6.45) is 0.0295. The Morgan fingerprint density at radius 3 is 2.47 bits per heavy atom. The van der Waals surface area contributed by atoms with Crippen molar-refractivity contribution in [2.75, 3.05) is 12.4 Å². The Hall–Kier alpha value is -2.65. The molecular formula is C22H19Cl2FN2O4S. The monoisotopic (exact) mass is 496 g/mol. The molecule has 10 heteroatoms. The average Bonchev–Trinajstić information content (AvgIpc) is 2.76. The highest BCUT2D eigenvalue weighted by Crippen LogP contribution is 2.27. The first-order valence-corrected chi connectivity index (χ1v) is 11.6. The number of ether oxygens (including phenoxy) is 1. The minimum atomic E-state index is -4.34. The fourth-order valence-corrected chi connectivity index (χ4v) is 4.67. The Kier molecular flexibility index (Phi) is 7.73. The Morgan fingerprint density at radius 1 is 1.06 bits per heavy atom. The molecule has 3 aromatic carbocycles. The zero-order valence-electron chi connectivity index (χ0n) is 16.8. The summed E-state index contributed by atoms with van der Waals surface area (Å²) in [7, 11) is -3.07. The van der Waals surface area contributed by atoms with Crippen LogP contribution in [0.2, 0.25) is 10.0 Å². The lowest BCUT2D eigenvalue weighted by molar-refractivity contribution is -0.117. The highest BCUT2D eigenvalue weighted by atomic mass is 35.5. The number of rotatable bonds is 8. The molecule has 32 heavy (non-hydrogen) atoms. The average molecular weight is 497 g/mol. The molecule has 3 aromatic rings. The number of carbonyl (C=O) groups excluding carboxylic acids is 1. The zero-order chi connectivity index (χ0) is 23.3. The summed E-state index contributed by atoms with van der Waals surface area (Å²) in [6, 6.07) is 15.2. The molecule has 0 aromatic heterocycles. The second-order valence-electron chi connectivity index (χ2n) is 6.77. The van der Waals surface area contributed by atoms with E-state index >= 15 is 0 Å². The number of hydrogen-bond acceptors (Lipinski definition) is 4. The first-order chi connectivity index (χ1) is 15.2. The zero-order valence-corrected chi connectivity index (χ0v) is 19.1. The molecule has 6 nitrogen and oxygen atoms in total. The van der Waals surface area contributed by atoms with Gasteiger partial charge in [0.2, 0.25) is 15.9 Å². The molecule has 2 N–H and O–H groups in total. The Balaban J connectivity index is 1.95. The van der Waals surface area contributed by atoms with Gasteiger partial charge in [0.15, 0.2) is 0 Å². The fourth-order valence-electron chi connectivity index (χ4n) is 2.96. The third-order valence-corrected chi connectivity index (χ3v) is 6.56. The molecule has 0 fully saturated rings. The summed E-state index contributed by atoms with van der Waals surface area (Å²) < 4.78 is 47.3. The molecule has 0 radical (unpaired) electrons. The second kappa shape index (κ2) is 10.3. The van der Waals surface area contributed by atoms with Crippen molar-refractivity contribution in [3.8, 4) is 5.75 Å². The highest BCUT2D eigenvalue weighted by Gasteiger charge is 2.29. The standard InChI is InChI=1S/C22H19Cl2FN2O4S/c1-31-20-10-8-16(25)13-21(20)32(29,30)27-19(11-14-5-3-2-4-6-14)22(28)26-18-12-15(23)7-9-17(18)24/h2-10,12-13,19,27H,11H2,1H3,(H,26,28). The van der Waals surface area contributed by atoms with Crippen molar-refractivity contribution in [1.82, 2.24) is 4.72 Å². The molecular weight excluding hydrogens is 478 g/mol. The normalized spacial score (nSPS) is 12.2. The second-order valence-corrected chi connectivity index (χ2v) is 9.30. The third-order valence-electron chi connectivity index (χ3n) is 4.50. The van der Waals surface area contributed by atoms with Crippen LogP contribution in [0.1, 0.15) is 5.56 Å². The Morgan fingerprint density at radius 2 is 1.78 bits per heavy atom. The quantitative estimate of drug-likeness (QED) is 0.474. The van der Waals surface area contributed by atoms with Crippen molar-refractivity contribution in [2.24, 2.45) is 0 Å². The van der Waals surface area contributed by atoms with Crippen LogP contribution >= 0.6 is 23.2 Å². The van der Waals surface area contributed by atoms with Crippen molar-refractivity contribution < 1.29 is 22.3 Å². The minimum Gasteiger partial charge on any atom is -0.495 e. The number of methoxy groups -OCH3 is 1. The van der Waals surface area contributed by atoms with Gasteiger partial charge in [0.05, 0.1) is 17.8 Å². The van der Waals surface area contributed by atoms with Gasteiger partial charge in [-0.05, 0) is 48.4 Å². The van der Waals surface area contributed by atoms with E-state index in [9.17, 15) is 17.6 Å². The van der Waals surface area contributed by atoms with Crippen LogP contribution < -0.4 is 14.8 Å². The molecule has 0 bridgehead atoms. The first-order valence-electron chi connectivity index (χ1n) is 9.35. The van der Waals surface area contributed by atoms with E-state index in [0.29, 0.717) is 10.6 Å². The number of amides is 1. The summed E-state index contributed by atoms with van der Waals surface area (Å²) in [5, 5.41) is 3.17. The fraction of sp³-hybridized carbons (Fsp3) is 0.136. The molecule has 0 spiro atoms. The van der Waals surface area contributed by atoms with E-state index in [4.69, 9.17) is 27.9 Å². The SMILES string of the molecule is COc1ccc(F)cc1S(=O)(=O)NC(Cc1ccccc1)C(=O)Nc1cc(Cl)ccc1Cl. The van der Waals surface area contributed by atoms with E-state index < -0.39 is 32.7 Å². The number of anilines is 1. The van der Waals surface area contributed by atoms with E-state index in [0.717, 1.165) is 12.1 Å². The van der Waals surface area contributed by atoms with E-state index in [2.05, 4.69) is 10.0 Å². The summed E-state index contributed by atoms with van der Waals surface area (Å²) in [5.41, 5.74) is 0.934. The number of nitrogens with one attached hydrogen (secondary N) is 2. The van der Waals surface area contributed by atoms with Crippen LogP contribution in [-0.2, 0) is 21.2 Å². The summed E-state index contributed by atoms with van der Waals surface area (Å²) in [6.45, 7) is 0. The van der Waals surface area contributed by atoms with Gasteiger partial charge >= 0.3 is 0 Å². The molecule has 0 aliphatic carbocycles. The third kappa shape index (κ3) is 5.98. The van der Waals surface area contributed by atoms with E-state index in [1.54, 1.807) is 36.4 Å². The highest BCUT2D eigenvalue weighted by molar-refractivity contribution is 7.89. The molecule has 1 amide bonds. The smallest absolute Gasteiger partial charge is 0.245 e. The minimum absolute atomic E-state index is 0.0295. The number of benzene rings is 3. The van der Waals surface area contributed by atoms with Crippen LogP contribution in [0.25, 0.3) is 0 Å². The van der Waals surface area contributed by atoms with Crippen molar-refractivity contribution in [3.05, 3.63) is 88.2 Å². The van der Waals surface area contributed by atoms with Crippen LogP contribution in [0.5, 0.6) is 5.75 Å². The van der Waals surface area contributed by atoms with Gasteiger partial charge in [-0.15, -0.1) is 0 Å². The van der Waals surface area contributed by atoms with Gasteiger partial charge in [-0.25, -0.2) is 12.8 Å². The number of carbonyl (C=O) groups is 1. The molecule has 1 unspecified atom stereocenters. The van der Waals surface area contributed by atoms with Crippen molar-refractivity contribution >= 4 is 44.8 Å². The van der Waals surface area contributed by atoms with Crippen molar-refractivity contribution in [3.63, 3.8) is 0 Å². The van der Waals surface area contributed by atoms with Gasteiger partial charge in [-0.3, -0.25) is 4.79 Å². The maximum Gasteiger partial charge on any atom is 0.245 e. The number of halogens is 3.